The first-order chi connectivity index (χ1) is 9.99. The number of sulfonamides is 1. The number of halogens is 1. The Kier molecular flexibility index (Phi) is 5.27. The summed E-state index contributed by atoms with van der Waals surface area (Å²) in [6.07, 6.45) is 4.71. The van der Waals surface area contributed by atoms with Gasteiger partial charge in [0.05, 0.1) is 11.1 Å². The van der Waals surface area contributed by atoms with Crippen molar-refractivity contribution in [2.45, 2.75) is 11.8 Å². The Morgan fingerprint density at radius 2 is 2.05 bits per heavy atom. The summed E-state index contributed by atoms with van der Waals surface area (Å²) < 4.78 is 27.5. The van der Waals surface area contributed by atoms with E-state index in [1.165, 1.54) is 0 Å². The molecule has 0 radical (unpaired) electrons. The predicted molar refractivity (Wildman–Crippen MR) is 84.6 cm³/mol. The zero-order valence-corrected chi connectivity index (χ0v) is 13.8. The second kappa shape index (κ2) is 6.97. The first kappa shape index (κ1) is 15.9. The molecule has 0 amide bonds. The highest BCUT2D eigenvalue weighted by Gasteiger charge is 2.14. The lowest BCUT2D eigenvalue weighted by molar-refractivity contribution is 0.583. The molecule has 0 atom stereocenters. The van der Waals surface area contributed by atoms with Crippen LogP contribution >= 0.6 is 15.9 Å². The molecule has 6 nitrogen and oxygen atoms in total. The van der Waals surface area contributed by atoms with E-state index in [2.05, 4.69) is 35.9 Å². The van der Waals surface area contributed by atoms with Gasteiger partial charge in [0, 0.05) is 30.0 Å². The van der Waals surface area contributed by atoms with Gasteiger partial charge in [0.1, 0.15) is 5.82 Å². The topological polar surface area (TPSA) is 84.0 Å². The van der Waals surface area contributed by atoms with Crippen LogP contribution in [0.2, 0.25) is 0 Å². The smallest absolute Gasteiger partial charge is 0.240 e. The summed E-state index contributed by atoms with van der Waals surface area (Å²) >= 11 is 3.33. The molecule has 21 heavy (non-hydrogen) atoms. The molecule has 0 aliphatic rings. The third-order valence-corrected chi connectivity index (χ3v) is 5.05. The fourth-order valence-corrected chi connectivity index (χ4v) is 3.18. The number of hydrogen-bond donors (Lipinski definition) is 2. The Balaban J connectivity index is 1.91. The highest BCUT2D eigenvalue weighted by Crippen LogP contribution is 2.20. The van der Waals surface area contributed by atoms with Gasteiger partial charge >= 0.3 is 0 Å². The number of nitrogens with one attached hydrogen (secondary N) is 2. The molecule has 1 heterocycles. The van der Waals surface area contributed by atoms with E-state index in [1.807, 2.05) is 6.92 Å². The molecular formula is C13H15BrN4O2S. The lowest BCUT2D eigenvalue weighted by Crippen LogP contribution is -2.29. The van der Waals surface area contributed by atoms with E-state index in [1.54, 1.807) is 36.8 Å². The van der Waals surface area contributed by atoms with Crippen LogP contribution in [0.3, 0.4) is 0 Å². The van der Waals surface area contributed by atoms with Gasteiger partial charge in [-0.05, 0) is 24.6 Å². The Morgan fingerprint density at radius 1 is 1.24 bits per heavy atom. The van der Waals surface area contributed by atoms with Gasteiger partial charge in [-0.2, -0.15) is 0 Å². The zero-order valence-electron chi connectivity index (χ0n) is 11.4. The Labute approximate surface area is 132 Å². The number of rotatable bonds is 6. The summed E-state index contributed by atoms with van der Waals surface area (Å²) in [7, 11) is -3.51. The van der Waals surface area contributed by atoms with E-state index in [4.69, 9.17) is 0 Å². The molecule has 2 rings (SSSR count). The normalized spacial score (nSPS) is 11.3. The number of anilines is 1. The summed E-state index contributed by atoms with van der Waals surface area (Å²) in [5.74, 6) is 0.606. The number of aromatic nitrogens is 2. The average molecular weight is 371 g/mol. The van der Waals surface area contributed by atoms with Crippen LogP contribution in [0.5, 0.6) is 0 Å². The number of hydrogen-bond acceptors (Lipinski definition) is 5. The lowest BCUT2D eigenvalue weighted by atomic mass is 10.2. The molecule has 2 N–H and O–H groups in total. The van der Waals surface area contributed by atoms with Crippen molar-refractivity contribution in [1.29, 1.82) is 0 Å². The third kappa shape index (κ3) is 4.48. The van der Waals surface area contributed by atoms with Crippen LogP contribution in [-0.4, -0.2) is 31.5 Å². The molecule has 0 saturated carbocycles. The molecule has 0 aliphatic carbocycles. The SMILES string of the molecule is Cc1ccc(S(=O)(=O)NCCNc2cnccn2)cc1Br. The molecule has 0 bridgehead atoms. The molecule has 0 unspecified atom stereocenters. The maximum atomic E-state index is 12.1. The van der Waals surface area contributed by atoms with Crippen LogP contribution < -0.4 is 10.0 Å². The molecule has 0 spiro atoms. The van der Waals surface area contributed by atoms with Crippen molar-refractivity contribution >= 4 is 31.8 Å². The summed E-state index contributed by atoms with van der Waals surface area (Å²) in [6, 6.07) is 4.93. The van der Waals surface area contributed by atoms with Crippen molar-refractivity contribution < 1.29 is 8.42 Å². The van der Waals surface area contributed by atoms with Crippen LogP contribution in [0, 0.1) is 6.92 Å². The van der Waals surface area contributed by atoms with E-state index in [9.17, 15) is 8.42 Å². The first-order valence-corrected chi connectivity index (χ1v) is 8.52. The Hall–Kier alpha value is -1.51. The van der Waals surface area contributed by atoms with Crippen LogP contribution in [-0.2, 0) is 10.0 Å². The first-order valence-electron chi connectivity index (χ1n) is 6.25. The van der Waals surface area contributed by atoms with Crippen LogP contribution in [0.15, 0.2) is 46.2 Å². The predicted octanol–water partition coefficient (Wildman–Crippen LogP) is 1.94. The van der Waals surface area contributed by atoms with Gasteiger partial charge in [0.25, 0.3) is 0 Å². The summed E-state index contributed by atoms with van der Waals surface area (Å²) in [5, 5.41) is 2.98. The molecule has 2 aromatic rings. The van der Waals surface area contributed by atoms with E-state index in [0.717, 1.165) is 10.0 Å². The number of aryl methyl sites for hydroxylation is 1. The highest BCUT2D eigenvalue weighted by atomic mass is 79.9. The quantitative estimate of drug-likeness (QED) is 0.759. The summed E-state index contributed by atoms with van der Waals surface area (Å²) in [6.45, 7) is 2.58. The Bertz CT molecular complexity index is 707. The largest absolute Gasteiger partial charge is 0.367 e. The third-order valence-electron chi connectivity index (χ3n) is 2.74. The van der Waals surface area contributed by atoms with Gasteiger partial charge in [-0.15, -0.1) is 0 Å². The zero-order chi connectivity index (χ0) is 15.3. The van der Waals surface area contributed by atoms with E-state index in [0.29, 0.717) is 12.4 Å². The Morgan fingerprint density at radius 3 is 2.71 bits per heavy atom. The molecule has 0 aliphatic heterocycles. The summed E-state index contributed by atoms with van der Waals surface area (Å²) in [4.78, 5) is 8.18. The molecule has 8 heteroatoms. The van der Waals surface area contributed by atoms with E-state index in [-0.39, 0.29) is 11.4 Å². The fourth-order valence-electron chi connectivity index (χ4n) is 1.59. The maximum absolute atomic E-state index is 12.1. The second-order valence-corrected chi connectivity index (χ2v) is 6.95. The molecule has 1 aromatic heterocycles. The van der Waals surface area contributed by atoms with Crippen molar-refractivity contribution in [2.24, 2.45) is 0 Å². The van der Waals surface area contributed by atoms with Crippen molar-refractivity contribution in [3.8, 4) is 0 Å². The molecule has 0 fully saturated rings. The average Bonchev–Trinajstić information content (AvgIpc) is 2.47. The monoisotopic (exact) mass is 370 g/mol. The van der Waals surface area contributed by atoms with Crippen LogP contribution in [0.1, 0.15) is 5.56 Å². The van der Waals surface area contributed by atoms with Gasteiger partial charge in [-0.3, -0.25) is 4.98 Å². The van der Waals surface area contributed by atoms with Crippen molar-refractivity contribution in [1.82, 2.24) is 14.7 Å². The minimum atomic E-state index is -3.51. The van der Waals surface area contributed by atoms with Gasteiger partial charge in [0.15, 0.2) is 0 Å². The molecule has 0 saturated heterocycles. The second-order valence-electron chi connectivity index (χ2n) is 4.33. The highest BCUT2D eigenvalue weighted by molar-refractivity contribution is 9.10. The minimum absolute atomic E-state index is 0.236. The molecule has 112 valence electrons. The van der Waals surface area contributed by atoms with Crippen molar-refractivity contribution in [3.05, 3.63) is 46.8 Å². The van der Waals surface area contributed by atoms with E-state index >= 15 is 0 Å². The van der Waals surface area contributed by atoms with Gasteiger partial charge in [-0.25, -0.2) is 18.1 Å². The van der Waals surface area contributed by atoms with Gasteiger partial charge < -0.3 is 5.32 Å². The number of nitrogens with zero attached hydrogens (tertiary/aromatic N) is 2. The standard InChI is InChI=1S/C13H15BrN4O2S/c1-10-2-3-11(8-12(10)14)21(19,20)18-7-6-17-13-9-15-4-5-16-13/h2-5,8-9,18H,6-7H2,1H3,(H,16,17). The number of benzene rings is 1. The summed E-state index contributed by atoms with van der Waals surface area (Å²) in [5.41, 5.74) is 0.985. The molecule has 1 aromatic carbocycles. The minimum Gasteiger partial charge on any atom is -0.367 e. The van der Waals surface area contributed by atoms with Crippen LogP contribution in [0.4, 0.5) is 5.82 Å². The fraction of sp³-hybridized carbons (Fsp3) is 0.231. The van der Waals surface area contributed by atoms with Crippen LogP contribution in [0.25, 0.3) is 0 Å². The van der Waals surface area contributed by atoms with Gasteiger partial charge in [0.2, 0.25) is 10.0 Å². The van der Waals surface area contributed by atoms with Gasteiger partial charge in [-0.1, -0.05) is 22.0 Å². The van der Waals surface area contributed by atoms with E-state index < -0.39 is 10.0 Å². The maximum Gasteiger partial charge on any atom is 0.240 e. The van der Waals surface area contributed by atoms with Crippen molar-refractivity contribution in [2.75, 3.05) is 18.4 Å². The van der Waals surface area contributed by atoms with Crippen molar-refractivity contribution in [3.63, 3.8) is 0 Å². The molecular weight excluding hydrogens is 356 g/mol. The lowest BCUT2D eigenvalue weighted by Gasteiger charge is -2.09.